The second kappa shape index (κ2) is 4.59. The van der Waals surface area contributed by atoms with Gasteiger partial charge in [-0.2, -0.15) is 0 Å². The Hall–Kier alpha value is -1.18. The van der Waals surface area contributed by atoms with E-state index in [0.29, 0.717) is 0 Å². The number of nitro benzene ring substituents is 1. The maximum Gasteiger partial charge on any atom is 0.346 e. The normalized spacial score (nSPS) is 13.4. The van der Waals surface area contributed by atoms with Crippen LogP contribution in [0, 0.1) is 10.1 Å². The molecule has 0 aliphatic carbocycles. The van der Waals surface area contributed by atoms with Crippen LogP contribution in [-0.4, -0.2) is 19.8 Å². The SMILES string of the molecule is NC(c1cc(Cl)cc([N+](=O)[O-])c1O)P(=O)(O)O. The highest BCUT2D eigenvalue weighted by molar-refractivity contribution is 7.52. The zero-order valence-electron chi connectivity index (χ0n) is 8.15. The molecule has 17 heavy (non-hydrogen) atoms. The first-order chi connectivity index (χ1) is 7.64. The molecule has 0 aliphatic heterocycles. The number of phenols is 1. The molecular weight excluding hydrogens is 275 g/mol. The molecule has 0 saturated heterocycles. The van der Waals surface area contributed by atoms with E-state index in [1.165, 1.54) is 0 Å². The van der Waals surface area contributed by atoms with E-state index in [9.17, 15) is 19.8 Å². The van der Waals surface area contributed by atoms with Gasteiger partial charge in [0.25, 0.3) is 0 Å². The summed E-state index contributed by atoms with van der Waals surface area (Å²) in [5.41, 5.74) is 3.96. The molecule has 0 aliphatic rings. The van der Waals surface area contributed by atoms with Crippen LogP contribution in [0.15, 0.2) is 12.1 Å². The van der Waals surface area contributed by atoms with Crippen molar-refractivity contribution in [3.05, 3.63) is 32.8 Å². The molecule has 0 fully saturated rings. The van der Waals surface area contributed by atoms with Gasteiger partial charge in [0.1, 0.15) is 5.78 Å². The molecule has 5 N–H and O–H groups in total. The lowest BCUT2D eigenvalue weighted by atomic mass is 10.1. The van der Waals surface area contributed by atoms with Gasteiger partial charge in [-0.15, -0.1) is 0 Å². The number of aromatic hydroxyl groups is 1. The molecule has 94 valence electrons. The van der Waals surface area contributed by atoms with Gasteiger partial charge in [0.05, 0.1) is 4.92 Å². The summed E-state index contributed by atoms with van der Waals surface area (Å²) in [6.45, 7) is 0. The zero-order valence-corrected chi connectivity index (χ0v) is 9.80. The fraction of sp³-hybridized carbons (Fsp3) is 0.143. The van der Waals surface area contributed by atoms with Crippen molar-refractivity contribution in [3.63, 3.8) is 0 Å². The number of nitro groups is 1. The van der Waals surface area contributed by atoms with E-state index in [4.69, 9.17) is 27.1 Å². The highest BCUT2D eigenvalue weighted by Crippen LogP contribution is 2.52. The van der Waals surface area contributed by atoms with Crippen molar-refractivity contribution in [2.24, 2.45) is 5.73 Å². The fourth-order valence-corrected chi connectivity index (χ4v) is 1.93. The Labute approximate surface area is 99.9 Å². The van der Waals surface area contributed by atoms with Crippen molar-refractivity contribution in [2.45, 2.75) is 5.78 Å². The molecule has 0 amide bonds. The summed E-state index contributed by atoms with van der Waals surface area (Å²) in [6.07, 6.45) is 0. The second-order valence-corrected chi connectivity index (χ2v) is 5.32. The van der Waals surface area contributed by atoms with Crippen molar-refractivity contribution in [1.29, 1.82) is 0 Å². The van der Waals surface area contributed by atoms with E-state index in [1.807, 2.05) is 0 Å². The quantitative estimate of drug-likeness (QED) is 0.368. The van der Waals surface area contributed by atoms with Crippen LogP contribution in [0.2, 0.25) is 5.02 Å². The summed E-state index contributed by atoms with van der Waals surface area (Å²) in [4.78, 5) is 27.3. The van der Waals surface area contributed by atoms with Crippen LogP contribution in [-0.2, 0) is 4.57 Å². The van der Waals surface area contributed by atoms with E-state index in [1.54, 1.807) is 0 Å². The van der Waals surface area contributed by atoms with Crippen LogP contribution in [0.25, 0.3) is 0 Å². The third-order valence-corrected chi connectivity index (χ3v) is 3.18. The molecule has 0 heterocycles. The summed E-state index contributed by atoms with van der Waals surface area (Å²) >= 11 is 5.54. The minimum atomic E-state index is -4.74. The second-order valence-electron chi connectivity index (χ2n) is 3.15. The minimum Gasteiger partial charge on any atom is -0.502 e. The number of nitrogens with two attached hydrogens (primary N) is 1. The van der Waals surface area contributed by atoms with E-state index in [0.717, 1.165) is 12.1 Å². The van der Waals surface area contributed by atoms with E-state index >= 15 is 0 Å². The van der Waals surface area contributed by atoms with E-state index in [-0.39, 0.29) is 5.02 Å². The average molecular weight is 283 g/mol. The molecule has 0 bridgehead atoms. The van der Waals surface area contributed by atoms with Gasteiger partial charge in [0.2, 0.25) is 0 Å². The van der Waals surface area contributed by atoms with Crippen molar-refractivity contribution in [3.8, 4) is 5.75 Å². The number of hydrogen-bond acceptors (Lipinski definition) is 5. The smallest absolute Gasteiger partial charge is 0.346 e. The number of rotatable bonds is 3. The predicted molar refractivity (Wildman–Crippen MR) is 58.7 cm³/mol. The van der Waals surface area contributed by atoms with Gasteiger partial charge in [-0.3, -0.25) is 14.7 Å². The van der Waals surface area contributed by atoms with Crippen LogP contribution >= 0.6 is 19.2 Å². The Bertz CT molecular complexity index is 515. The fourth-order valence-electron chi connectivity index (χ4n) is 1.15. The molecule has 1 rings (SSSR count). The number of benzene rings is 1. The molecule has 1 unspecified atom stereocenters. The highest BCUT2D eigenvalue weighted by atomic mass is 35.5. The number of phenolic OH excluding ortho intramolecular Hbond substituents is 1. The maximum absolute atomic E-state index is 10.9. The van der Waals surface area contributed by atoms with Crippen molar-refractivity contribution < 1.29 is 24.4 Å². The molecule has 0 saturated carbocycles. The van der Waals surface area contributed by atoms with Gasteiger partial charge in [-0.1, -0.05) is 11.6 Å². The first kappa shape index (κ1) is 13.9. The Balaban J connectivity index is 3.45. The number of hydrogen-bond donors (Lipinski definition) is 4. The van der Waals surface area contributed by atoms with Gasteiger partial charge < -0.3 is 20.6 Å². The standard InChI is InChI=1S/C7H8ClN2O6P/c8-3-1-4(7(9)17(14,15)16)6(11)5(2-3)10(12)13/h1-2,7,11H,9H2,(H2,14,15,16). The Kier molecular flexibility index (Phi) is 3.75. The molecule has 0 aromatic heterocycles. The molecule has 8 nitrogen and oxygen atoms in total. The zero-order chi connectivity index (χ0) is 13.4. The summed E-state index contributed by atoms with van der Waals surface area (Å²) in [6, 6.07) is 1.82. The van der Waals surface area contributed by atoms with Crippen LogP contribution in [0.4, 0.5) is 5.69 Å². The lowest BCUT2D eigenvalue weighted by Crippen LogP contribution is -2.11. The maximum atomic E-state index is 10.9. The van der Waals surface area contributed by atoms with Gasteiger partial charge in [-0.25, -0.2) is 0 Å². The molecule has 1 atom stereocenters. The van der Waals surface area contributed by atoms with Crippen molar-refractivity contribution in [1.82, 2.24) is 0 Å². The van der Waals surface area contributed by atoms with Crippen LogP contribution in [0.3, 0.4) is 0 Å². The Morgan fingerprint density at radius 2 is 2.00 bits per heavy atom. The molecule has 0 radical (unpaired) electrons. The summed E-state index contributed by atoms with van der Waals surface area (Å²) in [5.74, 6) is -2.78. The minimum absolute atomic E-state index is 0.159. The summed E-state index contributed by atoms with van der Waals surface area (Å²) < 4.78 is 10.9. The molecule has 10 heteroatoms. The monoisotopic (exact) mass is 282 g/mol. The molecular formula is C7H8ClN2O6P. The number of halogens is 1. The van der Waals surface area contributed by atoms with Crippen molar-refractivity contribution in [2.75, 3.05) is 0 Å². The highest BCUT2D eigenvalue weighted by Gasteiger charge is 2.32. The Morgan fingerprint density at radius 3 is 2.41 bits per heavy atom. The van der Waals surface area contributed by atoms with E-state index in [2.05, 4.69) is 0 Å². The average Bonchev–Trinajstić information content (AvgIpc) is 2.18. The van der Waals surface area contributed by atoms with Gasteiger partial charge in [0.15, 0.2) is 5.75 Å². The van der Waals surface area contributed by atoms with Gasteiger partial charge >= 0.3 is 13.3 Å². The van der Waals surface area contributed by atoms with Crippen LogP contribution in [0.5, 0.6) is 5.75 Å². The first-order valence-electron chi connectivity index (χ1n) is 4.12. The molecule has 1 aromatic carbocycles. The topological polar surface area (TPSA) is 147 Å². The lowest BCUT2D eigenvalue weighted by molar-refractivity contribution is -0.385. The molecule has 1 aromatic rings. The lowest BCUT2D eigenvalue weighted by Gasteiger charge is -2.15. The molecule has 0 spiro atoms. The summed E-state index contributed by atoms with van der Waals surface area (Å²) in [5, 5.41) is 19.9. The largest absolute Gasteiger partial charge is 0.502 e. The van der Waals surface area contributed by atoms with Crippen molar-refractivity contribution >= 4 is 24.9 Å². The van der Waals surface area contributed by atoms with E-state index < -0.39 is 35.3 Å². The van der Waals surface area contributed by atoms with Gasteiger partial charge in [-0.05, 0) is 6.07 Å². The van der Waals surface area contributed by atoms with Crippen LogP contribution < -0.4 is 5.73 Å². The third kappa shape index (κ3) is 2.93. The Morgan fingerprint density at radius 1 is 1.47 bits per heavy atom. The first-order valence-corrected chi connectivity index (χ1v) is 6.18. The van der Waals surface area contributed by atoms with Crippen LogP contribution in [0.1, 0.15) is 11.3 Å². The van der Waals surface area contributed by atoms with Gasteiger partial charge in [0, 0.05) is 16.7 Å². The predicted octanol–water partition coefficient (Wildman–Crippen LogP) is 1.09. The number of nitrogens with zero attached hydrogens (tertiary/aromatic N) is 1. The third-order valence-electron chi connectivity index (χ3n) is 1.96. The summed E-state index contributed by atoms with van der Waals surface area (Å²) in [7, 11) is -4.74.